The van der Waals surface area contributed by atoms with Gasteiger partial charge in [-0.2, -0.15) is 0 Å². The molecule has 1 aromatic heterocycles. The Kier molecular flexibility index (Phi) is 5.28. The first-order chi connectivity index (χ1) is 14.8. The zero-order valence-corrected chi connectivity index (χ0v) is 16.0. The van der Waals surface area contributed by atoms with Gasteiger partial charge in [0.2, 0.25) is 5.75 Å². The number of aromatic nitrogens is 3. The quantitative estimate of drug-likeness (QED) is 0.468. The fraction of sp³-hybridized carbons (Fsp3) is 0.286. The van der Waals surface area contributed by atoms with Gasteiger partial charge in [0, 0.05) is 0 Å². The molecule has 2 aliphatic rings. The van der Waals surface area contributed by atoms with Gasteiger partial charge in [-0.3, -0.25) is 0 Å². The summed E-state index contributed by atoms with van der Waals surface area (Å²) < 4.78 is 33.2. The number of epoxide rings is 2. The van der Waals surface area contributed by atoms with Gasteiger partial charge in [0.05, 0.1) is 19.4 Å². The summed E-state index contributed by atoms with van der Waals surface area (Å²) in [6.45, 7) is 2.62. The Morgan fingerprint density at radius 3 is 1.77 bits per heavy atom. The number of hydrogen-bond donors (Lipinski definition) is 0. The number of ether oxygens (including phenoxy) is 6. The molecular formula is C21H19N3O6. The summed E-state index contributed by atoms with van der Waals surface area (Å²) in [5.41, 5.74) is 0. The van der Waals surface area contributed by atoms with Crippen molar-refractivity contribution in [2.75, 3.05) is 26.4 Å². The van der Waals surface area contributed by atoms with Crippen LogP contribution in [-0.2, 0) is 9.47 Å². The van der Waals surface area contributed by atoms with Crippen molar-refractivity contribution in [1.82, 2.24) is 15.4 Å². The summed E-state index contributed by atoms with van der Waals surface area (Å²) in [5.74, 6) is 3.20. The van der Waals surface area contributed by atoms with Crippen molar-refractivity contribution in [2.24, 2.45) is 0 Å². The molecule has 2 unspecified atom stereocenters. The van der Waals surface area contributed by atoms with E-state index in [1.54, 1.807) is 24.3 Å². The van der Waals surface area contributed by atoms with E-state index in [-0.39, 0.29) is 18.1 Å². The lowest BCUT2D eigenvalue weighted by molar-refractivity contribution is 0.262. The summed E-state index contributed by atoms with van der Waals surface area (Å²) in [6, 6.07) is 14.4. The third kappa shape index (κ3) is 5.13. The molecule has 2 aromatic carbocycles. The van der Waals surface area contributed by atoms with Crippen molar-refractivity contribution in [3.63, 3.8) is 0 Å². The Balaban J connectivity index is 1.21. The Morgan fingerprint density at radius 1 is 0.733 bits per heavy atom. The van der Waals surface area contributed by atoms with Crippen LogP contribution in [0.25, 0.3) is 0 Å². The van der Waals surface area contributed by atoms with E-state index in [1.165, 1.54) is 6.20 Å². The predicted molar refractivity (Wildman–Crippen MR) is 103 cm³/mol. The van der Waals surface area contributed by atoms with Crippen LogP contribution in [0, 0.1) is 0 Å². The molecule has 2 saturated heterocycles. The third-order valence-electron chi connectivity index (χ3n) is 4.34. The van der Waals surface area contributed by atoms with Crippen LogP contribution in [0.4, 0.5) is 0 Å². The molecule has 9 heteroatoms. The van der Waals surface area contributed by atoms with E-state index in [0.29, 0.717) is 30.5 Å². The molecule has 30 heavy (non-hydrogen) atoms. The Hall–Kier alpha value is -3.43. The van der Waals surface area contributed by atoms with E-state index in [1.807, 2.05) is 24.3 Å². The average molecular weight is 409 g/mol. The number of rotatable bonds is 10. The molecule has 0 radical (unpaired) electrons. The highest BCUT2D eigenvalue weighted by molar-refractivity contribution is 5.40. The van der Waals surface area contributed by atoms with E-state index in [9.17, 15) is 0 Å². The van der Waals surface area contributed by atoms with Crippen molar-refractivity contribution in [2.45, 2.75) is 12.2 Å². The highest BCUT2D eigenvalue weighted by Gasteiger charge is 2.23. The van der Waals surface area contributed by atoms with Gasteiger partial charge < -0.3 is 28.4 Å². The number of nitrogens with zero attached hydrogens (tertiary/aromatic N) is 3. The van der Waals surface area contributed by atoms with Gasteiger partial charge >= 0.3 is 0 Å². The minimum absolute atomic E-state index is 0.205. The van der Waals surface area contributed by atoms with E-state index in [0.717, 1.165) is 24.7 Å². The smallest absolute Gasteiger partial charge is 0.285 e. The summed E-state index contributed by atoms with van der Waals surface area (Å²) >= 11 is 0. The van der Waals surface area contributed by atoms with Gasteiger partial charge in [-0.05, 0) is 53.7 Å². The Morgan fingerprint density at radius 2 is 1.23 bits per heavy atom. The lowest BCUT2D eigenvalue weighted by atomic mass is 10.3. The summed E-state index contributed by atoms with van der Waals surface area (Å²) in [7, 11) is 0. The minimum Gasteiger partial charge on any atom is -0.491 e. The molecule has 0 saturated carbocycles. The van der Waals surface area contributed by atoms with E-state index in [4.69, 9.17) is 28.4 Å². The fourth-order valence-corrected chi connectivity index (χ4v) is 2.54. The predicted octanol–water partition coefficient (Wildman–Crippen LogP) is 3.01. The zero-order valence-electron chi connectivity index (χ0n) is 16.0. The Bertz CT molecular complexity index is 894. The lowest BCUT2D eigenvalue weighted by Gasteiger charge is -2.11. The molecule has 154 valence electrons. The highest BCUT2D eigenvalue weighted by atomic mass is 16.6. The molecule has 0 spiro atoms. The van der Waals surface area contributed by atoms with Gasteiger partial charge in [0.1, 0.15) is 48.4 Å². The second-order valence-electron chi connectivity index (χ2n) is 6.78. The minimum atomic E-state index is 0.205. The first kappa shape index (κ1) is 18.6. The normalized spacial score (nSPS) is 19.1. The van der Waals surface area contributed by atoms with Crippen LogP contribution in [0.2, 0.25) is 0 Å². The topological polar surface area (TPSA) is 101 Å². The average Bonchev–Trinajstić information content (AvgIpc) is 3.69. The monoisotopic (exact) mass is 409 g/mol. The first-order valence-corrected chi connectivity index (χ1v) is 9.55. The number of hydrogen-bond acceptors (Lipinski definition) is 9. The van der Waals surface area contributed by atoms with Gasteiger partial charge in [0.25, 0.3) is 5.88 Å². The molecule has 3 heterocycles. The fourth-order valence-electron chi connectivity index (χ4n) is 2.54. The molecule has 3 aromatic rings. The van der Waals surface area contributed by atoms with Crippen molar-refractivity contribution >= 4 is 0 Å². The Labute approximate surface area is 172 Å². The van der Waals surface area contributed by atoms with Gasteiger partial charge in [0.15, 0.2) is 0 Å². The molecule has 2 atom stereocenters. The van der Waals surface area contributed by atoms with Gasteiger partial charge in [-0.25, -0.2) is 0 Å². The van der Waals surface area contributed by atoms with Crippen LogP contribution in [0.15, 0.2) is 54.7 Å². The van der Waals surface area contributed by atoms with Crippen molar-refractivity contribution in [3.8, 4) is 34.6 Å². The molecule has 0 amide bonds. The number of benzene rings is 2. The molecular weight excluding hydrogens is 390 g/mol. The molecule has 0 N–H and O–H groups in total. The van der Waals surface area contributed by atoms with Crippen molar-refractivity contribution in [3.05, 3.63) is 54.7 Å². The zero-order chi connectivity index (χ0) is 20.2. The van der Waals surface area contributed by atoms with E-state index >= 15 is 0 Å². The van der Waals surface area contributed by atoms with E-state index < -0.39 is 0 Å². The standard InChI is InChI=1S/C21H19N3O6/c1-5-16(6-2-14(1)25-10-18-12-27-18)29-20-9-22-24-23-21(20)30-17-7-3-15(4-8-17)26-11-19-13-28-19/h1-9,18-19H,10-13H2. The molecule has 2 aliphatic heterocycles. The summed E-state index contributed by atoms with van der Waals surface area (Å²) in [6.07, 6.45) is 1.87. The van der Waals surface area contributed by atoms with Crippen LogP contribution >= 0.6 is 0 Å². The molecule has 2 fully saturated rings. The molecule has 0 aliphatic carbocycles. The van der Waals surface area contributed by atoms with E-state index in [2.05, 4.69) is 15.4 Å². The second kappa shape index (κ2) is 8.52. The van der Waals surface area contributed by atoms with Crippen LogP contribution < -0.4 is 18.9 Å². The van der Waals surface area contributed by atoms with Crippen LogP contribution in [0.3, 0.4) is 0 Å². The van der Waals surface area contributed by atoms with Crippen LogP contribution in [-0.4, -0.2) is 54.0 Å². The van der Waals surface area contributed by atoms with Crippen LogP contribution in [0.1, 0.15) is 0 Å². The van der Waals surface area contributed by atoms with Crippen LogP contribution in [0.5, 0.6) is 34.6 Å². The van der Waals surface area contributed by atoms with Gasteiger partial charge in [-0.1, -0.05) is 5.10 Å². The SMILES string of the molecule is c1cc(Oc2cnnnc2Oc2ccc(OCC3CO3)cc2)ccc1OCC1CO1. The molecule has 5 rings (SSSR count). The summed E-state index contributed by atoms with van der Waals surface area (Å²) in [4.78, 5) is 0. The van der Waals surface area contributed by atoms with Crippen molar-refractivity contribution in [1.29, 1.82) is 0 Å². The first-order valence-electron chi connectivity index (χ1n) is 9.55. The molecule has 9 nitrogen and oxygen atoms in total. The van der Waals surface area contributed by atoms with Crippen molar-refractivity contribution < 1.29 is 28.4 Å². The van der Waals surface area contributed by atoms with Gasteiger partial charge in [-0.15, -0.1) is 5.10 Å². The summed E-state index contributed by atoms with van der Waals surface area (Å²) in [5, 5.41) is 11.4. The maximum absolute atomic E-state index is 5.86. The lowest BCUT2D eigenvalue weighted by Crippen LogP contribution is -2.03. The molecule has 0 bridgehead atoms. The largest absolute Gasteiger partial charge is 0.491 e. The third-order valence-corrected chi connectivity index (χ3v) is 4.34. The second-order valence-corrected chi connectivity index (χ2v) is 6.78. The maximum Gasteiger partial charge on any atom is 0.285 e. The highest BCUT2D eigenvalue weighted by Crippen LogP contribution is 2.33. The maximum atomic E-state index is 5.86.